The Morgan fingerprint density at radius 3 is 1.52 bits per heavy atom. The van der Waals surface area contributed by atoms with Gasteiger partial charge in [-0.1, -0.05) is 256 Å². The van der Waals surface area contributed by atoms with Gasteiger partial charge in [0.25, 0.3) is 0 Å². The van der Waals surface area contributed by atoms with E-state index in [1.165, 1.54) is 51.4 Å². The van der Waals surface area contributed by atoms with Crippen LogP contribution in [-0.2, 0) is 23.8 Å². The molecule has 0 bridgehead atoms. The smallest absolute Gasteiger partial charge is 0.306 e. The molecule has 0 radical (unpaired) electrons. The van der Waals surface area contributed by atoms with Crippen molar-refractivity contribution >= 4 is 11.9 Å². The number of hydrogen-bond acceptors (Lipinski definition) is 10. The summed E-state index contributed by atoms with van der Waals surface area (Å²) in [5, 5.41) is 56.9. The van der Waals surface area contributed by atoms with Gasteiger partial charge in [-0.25, -0.2) is 0 Å². The van der Waals surface area contributed by atoms with Crippen LogP contribution in [0.5, 0.6) is 0 Å². The highest BCUT2D eigenvalue weighted by atomic mass is 16.7. The zero-order valence-electron chi connectivity index (χ0n) is 49.2. The van der Waals surface area contributed by atoms with Crippen molar-refractivity contribution in [2.24, 2.45) is 0 Å². The minimum Gasteiger partial charge on any atom is -0.454 e. The van der Waals surface area contributed by atoms with Gasteiger partial charge >= 0.3 is 5.97 Å². The van der Waals surface area contributed by atoms with Crippen LogP contribution < -0.4 is 5.32 Å². The summed E-state index contributed by atoms with van der Waals surface area (Å²) in [6.45, 7) is 5.47. The predicted octanol–water partition coefficient (Wildman–Crippen LogP) is 14.6. The molecule has 0 spiro atoms. The molecule has 0 aromatic heterocycles. The number of ether oxygens (including phenoxy) is 3. The number of amides is 1. The summed E-state index contributed by atoms with van der Waals surface area (Å²) < 4.78 is 17.6. The van der Waals surface area contributed by atoms with Gasteiger partial charge in [0, 0.05) is 6.42 Å². The Hall–Kier alpha value is -4.46. The van der Waals surface area contributed by atoms with Crippen LogP contribution in [0.4, 0.5) is 0 Å². The van der Waals surface area contributed by atoms with Crippen molar-refractivity contribution in [1.82, 2.24) is 5.32 Å². The van der Waals surface area contributed by atoms with Crippen molar-refractivity contribution in [2.75, 3.05) is 13.2 Å². The molecule has 1 heterocycles. The van der Waals surface area contributed by atoms with Crippen molar-refractivity contribution in [2.45, 2.75) is 256 Å². The molecule has 0 aromatic carbocycles. The Labute approximate surface area is 479 Å². The van der Waals surface area contributed by atoms with Crippen LogP contribution in [0.2, 0.25) is 0 Å². The normalized spacial score (nSPS) is 19.9. The average Bonchev–Trinajstić information content (AvgIpc) is 3.49. The number of carbonyl (C=O) groups is 2. The lowest BCUT2D eigenvalue weighted by atomic mass is 9.99. The summed E-state index contributed by atoms with van der Waals surface area (Å²) in [4.78, 5) is 26.5. The van der Waals surface area contributed by atoms with Gasteiger partial charge in [-0.05, 0) is 89.9 Å². The molecule has 1 amide bonds. The van der Waals surface area contributed by atoms with E-state index in [4.69, 9.17) is 14.2 Å². The number of esters is 1. The summed E-state index contributed by atoms with van der Waals surface area (Å²) in [6.07, 6.45) is 67.3. The number of allylic oxidation sites excluding steroid dienone is 23. The van der Waals surface area contributed by atoms with Crippen LogP contribution in [0, 0.1) is 0 Å². The van der Waals surface area contributed by atoms with Crippen LogP contribution in [0.25, 0.3) is 0 Å². The second kappa shape index (κ2) is 54.1. The maximum Gasteiger partial charge on any atom is 0.306 e. The Bertz CT molecular complexity index is 1840. The standard InChI is InChI=1S/C68H109NO10/c1-4-7-10-13-16-19-22-25-27-29-30-31-32-33-35-38-41-44-47-50-53-56-63(73)79-66-65(75)64(74)62(57-70)78-68(66)77-58-59(60(71)54-51-48-45-42-39-36-24-21-18-15-12-9-6-3)69-67(76)61(72)55-52-49-46-43-40-37-34-28-26-23-20-17-14-11-8-5-2/h7-8,10-11,14,16-17,19-20,23,25-28,30-31,33-35,37,40,43,51,54,59-62,64-66,68,70-72,74-75H,4-6,9,12-13,15,18,21-22,24,29,32,36,38-39,41-42,44-50,52-53,55-58H2,1-3H3,(H,69,76)/b10-7-,11-8-,17-14+,19-16-,23-20+,27-25-,28-26-,31-30-,35-33-,37-34+,43-40+,54-51+. The third-order valence-electron chi connectivity index (χ3n) is 13.4. The molecular formula is C68H109NO10. The summed E-state index contributed by atoms with van der Waals surface area (Å²) in [5.74, 6) is -1.27. The van der Waals surface area contributed by atoms with E-state index < -0.39 is 67.4 Å². The monoisotopic (exact) mass is 1100 g/mol. The lowest BCUT2D eigenvalue weighted by Gasteiger charge is -2.41. The highest BCUT2D eigenvalue weighted by Gasteiger charge is 2.47. The number of nitrogens with one attached hydrogen (secondary N) is 1. The van der Waals surface area contributed by atoms with Gasteiger partial charge in [0.15, 0.2) is 12.4 Å². The molecule has 1 rings (SSSR count). The zero-order chi connectivity index (χ0) is 57.5. The van der Waals surface area contributed by atoms with E-state index >= 15 is 0 Å². The number of hydrogen-bond donors (Lipinski definition) is 6. The molecule has 1 saturated heterocycles. The van der Waals surface area contributed by atoms with Gasteiger partial charge < -0.3 is 45.1 Å². The topological polar surface area (TPSA) is 175 Å². The van der Waals surface area contributed by atoms with Crippen LogP contribution >= 0.6 is 0 Å². The number of aliphatic hydroxyl groups excluding tert-OH is 5. The molecule has 11 nitrogen and oxygen atoms in total. The molecule has 1 fully saturated rings. The van der Waals surface area contributed by atoms with Gasteiger partial charge in [0.05, 0.1) is 25.4 Å². The molecule has 446 valence electrons. The van der Waals surface area contributed by atoms with Crippen LogP contribution in [0.15, 0.2) is 146 Å². The predicted molar refractivity (Wildman–Crippen MR) is 328 cm³/mol. The Balaban J connectivity index is 2.75. The lowest BCUT2D eigenvalue weighted by molar-refractivity contribution is -0.305. The van der Waals surface area contributed by atoms with Crippen LogP contribution in [0.1, 0.15) is 207 Å². The summed E-state index contributed by atoms with van der Waals surface area (Å²) in [6, 6.07) is -1.06. The van der Waals surface area contributed by atoms with Crippen molar-refractivity contribution in [3.8, 4) is 0 Å². The molecule has 1 aliphatic rings. The second-order valence-electron chi connectivity index (χ2n) is 20.5. The minimum absolute atomic E-state index is 0.0860. The second-order valence-corrected chi connectivity index (χ2v) is 20.5. The number of aliphatic hydroxyl groups is 5. The maximum absolute atomic E-state index is 13.4. The average molecular weight is 1100 g/mol. The molecule has 8 atom stereocenters. The van der Waals surface area contributed by atoms with Crippen molar-refractivity contribution < 1.29 is 49.3 Å². The largest absolute Gasteiger partial charge is 0.454 e. The molecule has 79 heavy (non-hydrogen) atoms. The summed E-state index contributed by atoms with van der Waals surface area (Å²) >= 11 is 0. The molecule has 0 aliphatic carbocycles. The van der Waals surface area contributed by atoms with Gasteiger partial charge in [-0.15, -0.1) is 0 Å². The van der Waals surface area contributed by atoms with E-state index in [0.717, 1.165) is 109 Å². The fourth-order valence-electron chi connectivity index (χ4n) is 8.59. The first-order chi connectivity index (χ1) is 38.7. The Morgan fingerprint density at radius 1 is 0.519 bits per heavy atom. The zero-order valence-corrected chi connectivity index (χ0v) is 49.2. The van der Waals surface area contributed by atoms with Crippen molar-refractivity contribution in [3.63, 3.8) is 0 Å². The first-order valence-electron chi connectivity index (χ1n) is 30.7. The first-order valence-corrected chi connectivity index (χ1v) is 30.7. The van der Waals surface area contributed by atoms with Crippen LogP contribution in [-0.4, -0.2) is 99.6 Å². The summed E-state index contributed by atoms with van der Waals surface area (Å²) in [5.41, 5.74) is 0. The molecule has 6 N–H and O–H groups in total. The van der Waals surface area contributed by atoms with E-state index in [2.05, 4.69) is 92.9 Å². The van der Waals surface area contributed by atoms with Gasteiger partial charge in [-0.3, -0.25) is 9.59 Å². The highest BCUT2D eigenvalue weighted by Crippen LogP contribution is 2.26. The molecule has 1 aliphatic heterocycles. The van der Waals surface area contributed by atoms with Gasteiger partial charge in [-0.2, -0.15) is 0 Å². The Kier molecular flexibility index (Phi) is 49.7. The van der Waals surface area contributed by atoms with E-state index in [1.54, 1.807) is 6.08 Å². The molecule has 11 heteroatoms. The van der Waals surface area contributed by atoms with Gasteiger partial charge in [0.1, 0.15) is 24.4 Å². The number of carbonyl (C=O) groups excluding carboxylic acids is 2. The van der Waals surface area contributed by atoms with Gasteiger partial charge in [0.2, 0.25) is 5.91 Å². The fourth-order valence-corrected chi connectivity index (χ4v) is 8.59. The summed E-state index contributed by atoms with van der Waals surface area (Å²) in [7, 11) is 0. The quantitative estimate of drug-likeness (QED) is 0.0149. The van der Waals surface area contributed by atoms with Crippen LogP contribution in [0.3, 0.4) is 0 Å². The van der Waals surface area contributed by atoms with Crippen molar-refractivity contribution in [3.05, 3.63) is 146 Å². The fraction of sp³-hybridized carbons (Fsp3) is 0.618. The highest BCUT2D eigenvalue weighted by molar-refractivity contribution is 5.80. The first kappa shape index (κ1) is 72.6. The van der Waals surface area contributed by atoms with E-state index in [9.17, 15) is 35.1 Å². The molecule has 8 unspecified atom stereocenters. The minimum atomic E-state index is -1.64. The van der Waals surface area contributed by atoms with E-state index in [-0.39, 0.29) is 19.4 Å². The van der Waals surface area contributed by atoms with E-state index in [0.29, 0.717) is 12.8 Å². The molecular weight excluding hydrogens is 991 g/mol. The third-order valence-corrected chi connectivity index (χ3v) is 13.4. The molecule has 0 saturated carbocycles. The number of unbranched alkanes of at least 4 members (excludes halogenated alkanes) is 18. The maximum atomic E-state index is 13.4. The Morgan fingerprint density at radius 2 is 0.975 bits per heavy atom. The molecule has 0 aromatic rings. The third kappa shape index (κ3) is 42.1. The number of rotatable bonds is 49. The SMILES string of the molecule is CC\C=C/C=C/C=C/C=C\C=C\C=C\CCCCC(O)C(=O)NC(COC1OC(CO)C(O)C(O)C1OC(=O)CCCCCCC/C=C\C/C=C\C/C=C\C/C=C\C/C=C\CC)C(O)/C=C/CCCCCCCCCCCCC. The van der Waals surface area contributed by atoms with Crippen molar-refractivity contribution in [1.29, 1.82) is 0 Å². The van der Waals surface area contributed by atoms with E-state index in [1.807, 2.05) is 72.9 Å². The lowest BCUT2D eigenvalue weighted by Crippen LogP contribution is -2.61.